The number of aromatic nitrogens is 3. The summed E-state index contributed by atoms with van der Waals surface area (Å²) < 4.78 is 74.2. The van der Waals surface area contributed by atoms with Gasteiger partial charge in [0, 0.05) is 16.6 Å². The van der Waals surface area contributed by atoms with Gasteiger partial charge in [-0.3, -0.25) is 9.69 Å². The minimum atomic E-state index is -5.86. The first-order valence-corrected chi connectivity index (χ1v) is 14.0. The highest BCUT2D eigenvalue weighted by Crippen LogP contribution is 2.37. The zero-order chi connectivity index (χ0) is 31.9. The lowest BCUT2D eigenvalue weighted by Crippen LogP contribution is -2.41. The Morgan fingerprint density at radius 2 is 1.84 bits per heavy atom. The van der Waals surface area contributed by atoms with Crippen molar-refractivity contribution in [2.45, 2.75) is 19.2 Å². The number of alkyl halides is 5. The van der Waals surface area contributed by atoms with Crippen LogP contribution in [0.5, 0.6) is 5.75 Å². The highest BCUT2D eigenvalue weighted by molar-refractivity contribution is 8.15. The first-order chi connectivity index (χ1) is 21.4. The fraction of sp³-hybridized carbons (Fsp3) is 0.138. The van der Waals surface area contributed by atoms with Crippen LogP contribution in [0, 0.1) is 6.92 Å². The molecule has 1 fully saturated rings. The predicted octanol–water partition coefficient (Wildman–Crippen LogP) is 7.19. The zero-order valence-corrected chi connectivity index (χ0v) is 23.7. The molecular formula is C29H19F5N6O4S. The Bertz CT molecular complexity index is 1950. The van der Waals surface area contributed by atoms with Gasteiger partial charge in [0.1, 0.15) is 12.1 Å². The van der Waals surface area contributed by atoms with E-state index in [1.807, 2.05) is 6.07 Å². The number of halogens is 5. The van der Waals surface area contributed by atoms with Crippen LogP contribution in [0.2, 0.25) is 0 Å². The van der Waals surface area contributed by atoms with E-state index in [1.165, 1.54) is 34.3 Å². The highest BCUT2D eigenvalue weighted by atomic mass is 32.2. The standard InChI is InChI=1S/C29H19F5N6O4S/c1-16-13-18(25-35-15-39(38-25)19-6-8-20(9-7-19)44-29(33,34)28(30,31)32)5-10-21(16)36-26(42)37-27-40(23(41)14-45-27)22-4-2-3-17-11-12-43-24(17)22/h2-13,15H,14H2,1H3,(H,36,42). The van der Waals surface area contributed by atoms with Crippen LogP contribution in [0.1, 0.15) is 5.56 Å². The molecule has 0 bridgehead atoms. The highest BCUT2D eigenvalue weighted by Gasteiger charge is 2.61. The Kier molecular flexibility index (Phi) is 7.52. The molecule has 1 saturated heterocycles. The largest absolute Gasteiger partial charge is 0.499 e. The number of fused-ring (bicyclic) bond motifs is 1. The molecule has 3 heterocycles. The van der Waals surface area contributed by atoms with Crippen molar-refractivity contribution in [3.8, 4) is 22.8 Å². The lowest BCUT2D eigenvalue weighted by atomic mass is 10.1. The van der Waals surface area contributed by atoms with Crippen molar-refractivity contribution in [2.24, 2.45) is 4.99 Å². The van der Waals surface area contributed by atoms with E-state index in [9.17, 15) is 31.5 Å². The van der Waals surface area contributed by atoms with E-state index < -0.39 is 24.1 Å². The molecule has 45 heavy (non-hydrogen) atoms. The van der Waals surface area contributed by atoms with Gasteiger partial charge in [0.2, 0.25) is 5.91 Å². The number of benzene rings is 3. The molecule has 16 heteroatoms. The van der Waals surface area contributed by atoms with Gasteiger partial charge in [-0.15, -0.1) is 5.10 Å². The van der Waals surface area contributed by atoms with Crippen LogP contribution in [0.15, 0.2) is 88.7 Å². The molecule has 0 atom stereocenters. The monoisotopic (exact) mass is 642 g/mol. The molecule has 10 nitrogen and oxygen atoms in total. The summed E-state index contributed by atoms with van der Waals surface area (Å²) in [6.07, 6.45) is -8.34. The van der Waals surface area contributed by atoms with E-state index in [1.54, 1.807) is 43.3 Å². The lowest BCUT2D eigenvalue weighted by molar-refractivity contribution is -0.360. The number of ether oxygens (including phenoxy) is 1. The summed E-state index contributed by atoms with van der Waals surface area (Å²) in [5.74, 6) is -0.526. The fourth-order valence-electron chi connectivity index (χ4n) is 4.40. The van der Waals surface area contributed by atoms with Crippen molar-refractivity contribution < 1.29 is 40.7 Å². The number of nitrogens with one attached hydrogen (secondary N) is 1. The third-order valence-corrected chi connectivity index (χ3v) is 7.48. The summed E-state index contributed by atoms with van der Waals surface area (Å²) in [6, 6.07) is 15.8. The number of anilines is 2. The molecule has 0 unspecified atom stereocenters. The van der Waals surface area contributed by atoms with Crippen LogP contribution >= 0.6 is 11.8 Å². The van der Waals surface area contributed by atoms with E-state index in [0.717, 1.165) is 29.3 Å². The number of rotatable bonds is 6. The average molecular weight is 643 g/mol. The second kappa shape index (κ2) is 11.4. The number of amidine groups is 1. The van der Waals surface area contributed by atoms with Crippen LogP contribution in [-0.2, 0) is 4.79 Å². The molecule has 230 valence electrons. The van der Waals surface area contributed by atoms with Gasteiger partial charge < -0.3 is 14.5 Å². The van der Waals surface area contributed by atoms with Gasteiger partial charge >= 0.3 is 18.3 Å². The number of aryl methyl sites for hydroxylation is 1. The van der Waals surface area contributed by atoms with E-state index in [-0.39, 0.29) is 22.7 Å². The van der Waals surface area contributed by atoms with Crippen molar-refractivity contribution >= 4 is 51.2 Å². The van der Waals surface area contributed by atoms with Gasteiger partial charge in [0.15, 0.2) is 16.6 Å². The van der Waals surface area contributed by atoms with Gasteiger partial charge in [-0.2, -0.15) is 26.9 Å². The van der Waals surface area contributed by atoms with Crippen molar-refractivity contribution in [3.63, 3.8) is 0 Å². The zero-order valence-electron chi connectivity index (χ0n) is 22.9. The summed E-state index contributed by atoms with van der Waals surface area (Å²) >= 11 is 1.13. The minimum absolute atomic E-state index is 0.114. The number of hydrogen-bond donors (Lipinski definition) is 1. The third-order valence-electron chi connectivity index (χ3n) is 6.56. The smallest absolute Gasteiger partial charge is 0.462 e. The number of hydrogen-bond acceptors (Lipinski definition) is 7. The predicted molar refractivity (Wildman–Crippen MR) is 156 cm³/mol. The summed E-state index contributed by atoms with van der Waals surface area (Å²) in [5.41, 5.74) is 3.00. The molecule has 2 aromatic heterocycles. The van der Waals surface area contributed by atoms with Gasteiger partial charge in [-0.1, -0.05) is 23.9 Å². The molecule has 1 aliphatic rings. The Morgan fingerprint density at radius 3 is 2.58 bits per heavy atom. The van der Waals surface area contributed by atoms with Crippen LogP contribution in [-0.4, -0.2) is 49.9 Å². The van der Waals surface area contributed by atoms with Crippen LogP contribution in [0.3, 0.4) is 0 Å². The second-order valence-electron chi connectivity index (χ2n) is 9.61. The quantitative estimate of drug-likeness (QED) is 0.195. The number of aliphatic imine (C=N–C) groups is 1. The van der Waals surface area contributed by atoms with Crippen LogP contribution < -0.4 is 15.0 Å². The number of para-hydroxylation sites is 1. The maximum Gasteiger partial charge on any atom is 0.499 e. The number of carbonyl (C=O) groups is 2. The SMILES string of the molecule is Cc1cc(-c2ncn(-c3ccc(OC(F)(F)C(F)(F)F)cc3)n2)ccc1NC(=O)N=C1SCC(=O)N1c1cccc2ccoc12. The number of nitrogens with zero attached hydrogens (tertiary/aromatic N) is 5. The maximum absolute atomic E-state index is 13.2. The molecule has 6 rings (SSSR count). The number of thioether (sulfide) groups is 1. The normalized spacial score (nSPS) is 14.8. The first kappa shape index (κ1) is 29.8. The van der Waals surface area contributed by atoms with Crippen molar-refractivity contribution in [1.82, 2.24) is 14.8 Å². The molecule has 0 spiro atoms. The van der Waals surface area contributed by atoms with Crippen molar-refractivity contribution in [2.75, 3.05) is 16.0 Å². The number of urea groups is 1. The van der Waals surface area contributed by atoms with Gasteiger partial charge in [0.25, 0.3) is 0 Å². The summed E-state index contributed by atoms with van der Waals surface area (Å²) in [7, 11) is 0. The summed E-state index contributed by atoms with van der Waals surface area (Å²) in [6.45, 7) is 1.75. The summed E-state index contributed by atoms with van der Waals surface area (Å²) in [4.78, 5) is 35.3. The van der Waals surface area contributed by atoms with E-state index in [0.29, 0.717) is 33.8 Å². The summed E-state index contributed by atoms with van der Waals surface area (Å²) in [5, 5.41) is 8.06. The van der Waals surface area contributed by atoms with Crippen LogP contribution in [0.4, 0.5) is 38.1 Å². The maximum atomic E-state index is 13.2. The topological polar surface area (TPSA) is 115 Å². The Hall–Kier alpha value is -5.25. The van der Waals surface area contributed by atoms with Crippen molar-refractivity contribution in [1.29, 1.82) is 0 Å². The minimum Gasteiger partial charge on any atom is -0.462 e. The molecule has 0 saturated carbocycles. The molecule has 1 aliphatic heterocycles. The molecule has 5 aromatic rings. The number of carbonyl (C=O) groups excluding carboxylic acids is 2. The molecule has 1 N–H and O–H groups in total. The molecule has 3 amide bonds. The molecular weight excluding hydrogens is 623 g/mol. The van der Waals surface area contributed by atoms with E-state index in [2.05, 4.69) is 25.1 Å². The Balaban J connectivity index is 1.15. The van der Waals surface area contributed by atoms with Crippen molar-refractivity contribution in [3.05, 3.63) is 84.9 Å². The lowest BCUT2D eigenvalue weighted by Gasteiger charge is -2.20. The number of amides is 3. The average Bonchev–Trinajstić information content (AvgIpc) is 3.74. The Labute approximate surface area is 254 Å². The van der Waals surface area contributed by atoms with Crippen LogP contribution in [0.25, 0.3) is 28.0 Å². The van der Waals surface area contributed by atoms with E-state index in [4.69, 9.17) is 4.42 Å². The van der Waals surface area contributed by atoms with E-state index >= 15 is 0 Å². The first-order valence-electron chi connectivity index (χ1n) is 13.0. The second-order valence-corrected chi connectivity index (χ2v) is 10.6. The number of furan rings is 1. The molecule has 0 radical (unpaired) electrons. The Morgan fingerprint density at radius 1 is 1.07 bits per heavy atom. The molecule has 0 aliphatic carbocycles. The van der Waals surface area contributed by atoms with Gasteiger partial charge in [-0.05, 0) is 67.1 Å². The van der Waals surface area contributed by atoms with Gasteiger partial charge in [0.05, 0.1) is 23.4 Å². The van der Waals surface area contributed by atoms with Gasteiger partial charge in [-0.25, -0.2) is 14.5 Å². The third kappa shape index (κ3) is 5.95. The fourth-order valence-corrected chi connectivity index (χ4v) is 5.26. The molecule has 3 aromatic carbocycles.